The molecule has 1 atom stereocenters. The third-order valence-electron chi connectivity index (χ3n) is 3.99. The van der Waals surface area contributed by atoms with E-state index in [1.54, 1.807) is 12.1 Å². The van der Waals surface area contributed by atoms with Gasteiger partial charge in [0.25, 0.3) is 0 Å². The van der Waals surface area contributed by atoms with E-state index in [4.69, 9.17) is 0 Å². The predicted octanol–water partition coefficient (Wildman–Crippen LogP) is 3.94. The average molecular weight is 313 g/mol. The molecule has 1 aliphatic rings. The van der Waals surface area contributed by atoms with Crippen molar-refractivity contribution in [3.8, 4) is 0 Å². The number of piperazine rings is 1. The van der Waals surface area contributed by atoms with Gasteiger partial charge < -0.3 is 5.32 Å². The highest BCUT2D eigenvalue weighted by atomic mass is 35.5. The summed E-state index contributed by atoms with van der Waals surface area (Å²) in [7, 11) is 0. The van der Waals surface area contributed by atoms with Gasteiger partial charge in [-0.3, -0.25) is 4.90 Å². The summed E-state index contributed by atoms with van der Waals surface area (Å²) in [6.45, 7) is 7.76. The highest BCUT2D eigenvalue weighted by molar-refractivity contribution is 5.85. The molecule has 1 aromatic carbocycles. The Hall–Kier alpha value is -0.900. The smallest absolute Gasteiger partial charge is 0.127 e. The minimum atomic E-state index is -0.0697. The summed E-state index contributed by atoms with van der Waals surface area (Å²) in [5.74, 6) is -0.0697. The lowest BCUT2D eigenvalue weighted by atomic mass is 9.97. The zero-order chi connectivity index (χ0) is 14.2. The maximum absolute atomic E-state index is 14.1. The first-order valence-corrected chi connectivity index (χ1v) is 7.63. The first kappa shape index (κ1) is 18.1. The molecule has 0 aliphatic carbocycles. The highest BCUT2D eigenvalue weighted by Gasteiger charge is 2.23. The third kappa shape index (κ3) is 5.42. The summed E-state index contributed by atoms with van der Waals surface area (Å²) < 4.78 is 14.1. The van der Waals surface area contributed by atoms with Gasteiger partial charge in [0.1, 0.15) is 5.82 Å². The normalized spacial score (nSPS) is 17.0. The number of allylic oxidation sites excluding steroid dienone is 1. The molecule has 1 saturated heterocycles. The molecule has 21 heavy (non-hydrogen) atoms. The fourth-order valence-electron chi connectivity index (χ4n) is 2.90. The molecule has 0 spiro atoms. The van der Waals surface area contributed by atoms with E-state index in [9.17, 15) is 4.39 Å². The third-order valence-corrected chi connectivity index (χ3v) is 3.99. The second kappa shape index (κ2) is 9.93. The van der Waals surface area contributed by atoms with E-state index >= 15 is 0 Å². The monoisotopic (exact) mass is 312 g/mol. The molecule has 2 rings (SSSR count). The molecule has 4 heteroatoms. The van der Waals surface area contributed by atoms with Crippen molar-refractivity contribution < 1.29 is 4.39 Å². The molecule has 118 valence electrons. The maximum Gasteiger partial charge on any atom is 0.127 e. The van der Waals surface area contributed by atoms with E-state index in [1.165, 1.54) is 0 Å². The second-order valence-corrected chi connectivity index (χ2v) is 5.40. The van der Waals surface area contributed by atoms with Crippen LogP contribution in [0.5, 0.6) is 0 Å². The lowest BCUT2D eigenvalue weighted by molar-refractivity contribution is 0.160. The Labute approximate surface area is 133 Å². The number of halogens is 2. The molecule has 0 aromatic heterocycles. The van der Waals surface area contributed by atoms with Crippen molar-refractivity contribution in [1.29, 1.82) is 0 Å². The van der Waals surface area contributed by atoms with Crippen LogP contribution >= 0.6 is 12.4 Å². The molecule has 0 radical (unpaired) electrons. The molecular weight excluding hydrogens is 287 g/mol. The number of hydrogen-bond acceptors (Lipinski definition) is 2. The van der Waals surface area contributed by atoms with Crippen LogP contribution in [0.15, 0.2) is 36.9 Å². The van der Waals surface area contributed by atoms with Crippen LogP contribution < -0.4 is 5.32 Å². The predicted molar refractivity (Wildman–Crippen MR) is 89.5 cm³/mol. The van der Waals surface area contributed by atoms with Gasteiger partial charge in [-0.2, -0.15) is 0 Å². The Balaban J connectivity index is 0.00000220. The number of nitrogens with zero attached hydrogens (tertiary/aromatic N) is 1. The molecule has 1 aliphatic heterocycles. The van der Waals surface area contributed by atoms with Crippen molar-refractivity contribution in [2.45, 2.75) is 31.7 Å². The quantitative estimate of drug-likeness (QED) is 0.606. The lowest BCUT2D eigenvalue weighted by Crippen LogP contribution is -2.45. The Kier molecular flexibility index (Phi) is 8.58. The maximum atomic E-state index is 14.1. The van der Waals surface area contributed by atoms with Gasteiger partial charge >= 0.3 is 0 Å². The van der Waals surface area contributed by atoms with Crippen LogP contribution in [0.1, 0.15) is 37.3 Å². The van der Waals surface area contributed by atoms with Crippen LogP contribution in [0.4, 0.5) is 4.39 Å². The van der Waals surface area contributed by atoms with E-state index in [1.807, 2.05) is 18.2 Å². The summed E-state index contributed by atoms with van der Waals surface area (Å²) >= 11 is 0. The Morgan fingerprint density at radius 3 is 2.62 bits per heavy atom. The van der Waals surface area contributed by atoms with Gasteiger partial charge in [0, 0.05) is 37.8 Å². The zero-order valence-electron chi connectivity index (χ0n) is 12.6. The summed E-state index contributed by atoms with van der Waals surface area (Å²) in [4.78, 5) is 2.42. The average Bonchev–Trinajstić information content (AvgIpc) is 2.49. The molecule has 0 amide bonds. The molecule has 1 aromatic rings. The number of unbranched alkanes of at least 4 members (excludes halogenated alkanes) is 2. The second-order valence-electron chi connectivity index (χ2n) is 5.40. The first-order chi connectivity index (χ1) is 9.83. The molecule has 1 heterocycles. The lowest BCUT2D eigenvalue weighted by Gasteiger charge is -2.35. The van der Waals surface area contributed by atoms with Gasteiger partial charge in [0.15, 0.2) is 0 Å². The van der Waals surface area contributed by atoms with Crippen LogP contribution in [0.3, 0.4) is 0 Å². The van der Waals surface area contributed by atoms with Crippen molar-refractivity contribution in [2.24, 2.45) is 0 Å². The molecule has 0 bridgehead atoms. The minimum absolute atomic E-state index is 0. The van der Waals surface area contributed by atoms with Gasteiger partial charge in [0.2, 0.25) is 0 Å². The zero-order valence-corrected chi connectivity index (χ0v) is 13.4. The number of hydrogen-bond donors (Lipinski definition) is 1. The van der Waals surface area contributed by atoms with E-state index < -0.39 is 0 Å². The van der Waals surface area contributed by atoms with Gasteiger partial charge in [-0.25, -0.2) is 4.39 Å². The molecule has 2 nitrogen and oxygen atoms in total. The van der Waals surface area contributed by atoms with Crippen molar-refractivity contribution in [1.82, 2.24) is 10.2 Å². The summed E-state index contributed by atoms with van der Waals surface area (Å²) in [6, 6.07) is 7.44. The Bertz CT molecular complexity index is 419. The van der Waals surface area contributed by atoms with Gasteiger partial charge in [-0.05, 0) is 25.3 Å². The number of nitrogens with one attached hydrogen (secondary N) is 1. The highest BCUT2D eigenvalue weighted by Crippen LogP contribution is 2.28. The minimum Gasteiger partial charge on any atom is -0.314 e. The van der Waals surface area contributed by atoms with Crippen molar-refractivity contribution in [3.05, 3.63) is 48.3 Å². The van der Waals surface area contributed by atoms with E-state index in [0.717, 1.165) is 57.4 Å². The van der Waals surface area contributed by atoms with Crippen LogP contribution in [-0.2, 0) is 0 Å². The first-order valence-electron chi connectivity index (χ1n) is 7.63. The van der Waals surface area contributed by atoms with Crippen molar-refractivity contribution in [2.75, 3.05) is 26.2 Å². The molecular formula is C17H26ClFN2. The SMILES string of the molecule is C=CCCCC[C@@H](c1ccccc1F)N1CCNCC1.Cl. The summed E-state index contributed by atoms with van der Waals surface area (Å²) in [5, 5.41) is 3.36. The summed E-state index contributed by atoms with van der Waals surface area (Å²) in [6.07, 6.45) is 6.29. The van der Waals surface area contributed by atoms with Crippen LogP contribution in [0, 0.1) is 5.82 Å². The van der Waals surface area contributed by atoms with Gasteiger partial charge in [-0.1, -0.05) is 30.7 Å². The fraction of sp³-hybridized carbons (Fsp3) is 0.529. The standard InChI is InChI=1S/C17H25FN2.ClH/c1-2-3-4-5-10-17(20-13-11-19-12-14-20)15-8-6-7-9-16(15)18;/h2,6-9,17,19H,1,3-5,10-14H2;1H/t17-;/m0./s1. The number of rotatable bonds is 7. The molecule has 0 unspecified atom stereocenters. The molecule has 0 saturated carbocycles. The van der Waals surface area contributed by atoms with Gasteiger partial charge in [0.05, 0.1) is 0 Å². The van der Waals surface area contributed by atoms with E-state index in [2.05, 4.69) is 16.8 Å². The Morgan fingerprint density at radius 1 is 1.24 bits per heavy atom. The Morgan fingerprint density at radius 2 is 1.95 bits per heavy atom. The molecule has 1 fully saturated rings. The van der Waals surface area contributed by atoms with Crippen LogP contribution in [0.2, 0.25) is 0 Å². The topological polar surface area (TPSA) is 15.3 Å². The largest absolute Gasteiger partial charge is 0.314 e. The van der Waals surface area contributed by atoms with E-state index in [0.29, 0.717) is 0 Å². The van der Waals surface area contributed by atoms with Gasteiger partial charge in [-0.15, -0.1) is 19.0 Å². The molecule has 1 N–H and O–H groups in total. The fourth-order valence-corrected chi connectivity index (χ4v) is 2.90. The summed E-state index contributed by atoms with van der Waals surface area (Å²) in [5.41, 5.74) is 0.855. The van der Waals surface area contributed by atoms with Crippen LogP contribution in [-0.4, -0.2) is 31.1 Å². The van der Waals surface area contributed by atoms with Crippen molar-refractivity contribution in [3.63, 3.8) is 0 Å². The van der Waals surface area contributed by atoms with Crippen molar-refractivity contribution >= 4 is 12.4 Å². The van der Waals surface area contributed by atoms with Crippen LogP contribution in [0.25, 0.3) is 0 Å². The van der Waals surface area contributed by atoms with E-state index in [-0.39, 0.29) is 24.3 Å². The number of benzene rings is 1.